The highest BCUT2D eigenvalue weighted by molar-refractivity contribution is 5.70. The van der Waals surface area contributed by atoms with E-state index in [2.05, 4.69) is 5.73 Å². The molecule has 0 N–H and O–H groups in total. The average molecular weight is 240 g/mol. The monoisotopic (exact) mass is 240 g/mol. The van der Waals surface area contributed by atoms with E-state index in [1.165, 1.54) is 0 Å². The maximum absolute atomic E-state index is 11.0. The van der Waals surface area contributed by atoms with Gasteiger partial charge in [-0.1, -0.05) is 26.7 Å². The summed E-state index contributed by atoms with van der Waals surface area (Å²) in [6.07, 6.45) is 6.50. The molecule has 4 heteroatoms. The normalized spacial score (nSPS) is 9.06. The molecule has 0 heterocycles. The van der Waals surface area contributed by atoms with Crippen molar-refractivity contribution in [1.29, 1.82) is 0 Å². The Labute approximate surface area is 102 Å². The molecule has 0 saturated carbocycles. The van der Waals surface area contributed by atoms with Crippen LogP contribution in [0.1, 0.15) is 52.4 Å². The molecule has 0 aliphatic rings. The predicted octanol–water partition coefficient (Wildman–Crippen LogP) is 3.08. The SMILES string of the molecule is CCCCC(=O)OC=C=COC(=O)CCCC. The zero-order valence-electron chi connectivity index (χ0n) is 10.5. The van der Waals surface area contributed by atoms with Crippen LogP contribution in [0.5, 0.6) is 0 Å². The Kier molecular flexibility index (Phi) is 9.97. The minimum Gasteiger partial charge on any atom is -0.426 e. The van der Waals surface area contributed by atoms with Crippen LogP contribution in [0, 0.1) is 0 Å². The van der Waals surface area contributed by atoms with E-state index in [1.54, 1.807) is 0 Å². The highest BCUT2D eigenvalue weighted by Gasteiger charge is 1.99. The highest BCUT2D eigenvalue weighted by Crippen LogP contribution is 1.97. The third-order valence-corrected chi connectivity index (χ3v) is 1.99. The molecule has 0 atom stereocenters. The molecule has 96 valence electrons. The zero-order chi connectivity index (χ0) is 12.9. The van der Waals surface area contributed by atoms with Crippen molar-refractivity contribution in [3.8, 4) is 0 Å². The van der Waals surface area contributed by atoms with Gasteiger partial charge in [-0.3, -0.25) is 9.59 Å². The lowest BCUT2D eigenvalue weighted by Crippen LogP contribution is -1.98. The number of hydrogen-bond donors (Lipinski definition) is 0. The standard InChI is InChI=1S/C13H20O4/c1-3-5-8-12(14)16-10-7-11-17-13(15)9-6-4-2/h10-11H,3-6,8-9H2,1-2H3. The number of carbonyl (C=O) groups is 2. The van der Waals surface area contributed by atoms with Crippen LogP contribution in [0.4, 0.5) is 0 Å². The van der Waals surface area contributed by atoms with Crippen molar-refractivity contribution < 1.29 is 19.1 Å². The van der Waals surface area contributed by atoms with Crippen LogP contribution in [0.15, 0.2) is 18.3 Å². The van der Waals surface area contributed by atoms with Crippen molar-refractivity contribution in [3.63, 3.8) is 0 Å². The molecule has 17 heavy (non-hydrogen) atoms. The Balaban J connectivity index is 3.69. The lowest BCUT2D eigenvalue weighted by molar-refractivity contribution is -0.138. The Morgan fingerprint density at radius 1 is 0.941 bits per heavy atom. The summed E-state index contributed by atoms with van der Waals surface area (Å²) in [5.41, 5.74) is 2.46. The van der Waals surface area contributed by atoms with E-state index in [1.807, 2.05) is 13.8 Å². The maximum atomic E-state index is 11.0. The molecule has 0 aromatic heterocycles. The quantitative estimate of drug-likeness (QED) is 0.371. The zero-order valence-corrected chi connectivity index (χ0v) is 10.5. The number of ether oxygens (including phenoxy) is 2. The summed E-state index contributed by atoms with van der Waals surface area (Å²) in [5.74, 6) is -0.602. The van der Waals surface area contributed by atoms with Gasteiger partial charge in [-0.05, 0) is 18.6 Å². The minimum absolute atomic E-state index is 0.301. The molecule has 0 aliphatic heterocycles. The fourth-order valence-corrected chi connectivity index (χ4v) is 0.987. The van der Waals surface area contributed by atoms with E-state index in [-0.39, 0.29) is 11.9 Å². The molecule has 0 aliphatic carbocycles. The number of esters is 2. The van der Waals surface area contributed by atoms with Crippen molar-refractivity contribution >= 4 is 11.9 Å². The molecular formula is C13H20O4. The Bertz CT molecular complexity index is 262. The van der Waals surface area contributed by atoms with Crippen LogP contribution in [0.3, 0.4) is 0 Å². The van der Waals surface area contributed by atoms with Crippen LogP contribution in [0.25, 0.3) is 0 Å². The second-order valence-electron chi connectivity index (χ2n) is 3.59. The lowest BCUT2D eigenvalue weighted by Gasteiger charge is -1.96. The van der Waals surface area contributed by atoms with E-state index < -0.39 is 0 Å². The summed E-state index contributed by atoms with van der Waals surface area (Å²) in [4.78, 5) is 22.1. The summed E-state index contributed by atoms with van der Waals surface area (Å²) in [7, 11) is 0. The highest BCUT2D eigenvalue weighted by atomic mass is 16.5. The summed E-state index contributed by atoms with van der Waals surface area (Å²) < 4.78 is 9.42. The molecule has 4 nitrogen and oxygen atoms in total. The fourth-order valence-electron chi connectivity index (χ4n) is 0.987. The molecule has 0 radical (unpaired) electrons. The summed E-state index contributed by atoms with van der Waals surface area (Å²) in [6.45, 7) is 4.00. The molecular weight excluding hydrogens is 220 g/mol. The van der Waals surface area contributed by atoms with Crippen LogP contribution in [0.2, 0.25) is 0 Å². The first-order valence-corrected chi connectivity index (χ1v) is 5.99. The van der Waals surface area contributed by atoms with Crippen LogP contribution in [-0.2, 0) is 19.1 Å². The third-order valence-electron chi connectivity index (χ3n) is 1.99. The number of rotatable bonds is 8. The summed E-state index contributed by atoms with van der Waals surface area (Å²) in [6, 6.07) is 0. The van der Waals surface area contributed by atoms with Crippen molar-refractivity contribution in [2.45, 2.75) is 52.4 Å². The molecule has 0 aromatic rings. The first kappa shape index (κ1) is 15.5. The lowest BCUT2D eigenvalue weighted by atomic mass is 10.3. The fraction of sp³-hybridized carbons (Fsp3) is 0.615. The first-order chi connectivity index (χ1) is 8.20. The van der Waals surface area contributed by atoms with Gasteiger partial charge in [0.2, 0.25) is 0 Å². The molecule has 0 amide bonds. The maximum Gasteiger partial charge on any atom is 0.311 e. The Morgan fingerprint density at radius 3 is 1.71 bits per heavy atom. The van der Waals surface area contributed by atoms with Gasteiger partial charge in [0.1, 0.15) is 12.5 Å². The van der Waals surface area contributed by atoms with Crippen LogP contribution in [-0.4, -0.2) is 11.9 Å². The number of carbonyl (C=O) groups excluding carboxylic acids is 2. The molecule has 0 unspecified atom stereocenters. The molecule has 0 saturated heterocycles. The first-order valence-electron chi connectivity index (χ1n) is 5.99. The second-order valence-corrected chi connectivity index (χ2v) is 3.59. The van der Waals surface area contributed by atoms with Gasteiger partial charge in [-0.25, -0.2) is 0 Å². The van der Waals surface area contributed by atoms with E-state index >= 15 is 0 Å². The smallest absolute Gasteiger partial charge is 0.311 e. The van der Waals surface area contributed by atoms with Crippen molar-refractivity contribution in [3.05, 3.63) is 18.3 Å². The van der Waals surface area contributed by atoms with Gasteiger partial charge in [0.05, 0.1) is 0 Å². The molecule has 0 aromatic carbocycles. The van der Waals surface area contributed by atoms with Gasteiger partial charge >= 0.3 is 11.9 Å². The van der Waals surface area contributed by atoms with Gasteiger partial charge in [0.15, 0.2) is 0 Å². The molecule has 0 spiro atoms. The average Bonchev–Trinajstić information content (AvgIpc) is 2.33. The van der Waals surface area contributed by atoms with Crippen LogP contribution >= 0.6 is 0 Å². The summed E-state index contributed by atoms with van der Waals surface area (Å²) >= 11 is 0. The van der Waals surface area contributed by atoms with E-state index in [0.717, 1.165) is 38.2 Å². The van der Waals surface area contributed by atoms with Gasteiger partial charge in [-0.2, -0.15) is 0 Å². The Morgan fingerprint density at radius 2 is 1.35 bits per heavy atom. The predicted molar refractivity (Wildman–Crippen MR) is 63.9 cm³/mol. The second kappa shape index (κ2) is 11.0. The van der Waals surface area contributed by atoms with Gasteiger partial charge in [-0.15, -0.1) is 0 Å². The number of hydrogen-bond acceptors (Lipinski definition) is 4. The molecule has 0 bridgehead atoms. The van der Waals surface area contributed by atoms with Crippen molar-refractivity contribution in [2.75, 3.05) is 0 Å². The van der Waals surface area contributed by atoms with Gasteiger partial charge in [0, 0.05) is 12.8 Å². The third kappa shape index (κ3) is 10.7. The van der Waals surface area contributed by atoms with Crippen molar-refractivity contribution in [2.24, 2.45) is 0 Å². The van der Waals surface area contributed by atoms with E-state index in [9.17, 15) is 9.59 Å². The van der Waals surface area contributed by atoms with Gasteiger partial charge < -0.3 is 9.47 Å². The summed E-state index contributed by atoms with van der Waals surface area (Å²) in [5, 5.41) is 0. The Hall–Kier alpha value is -1.54. The number of unbranched alkanes of at least 4 members (excludes halogenated alkanes) is 2. The van der Waals surface area contributed by atoms with Crippen molar-refractivity contribution in [1.82, 2.24) is 0 Å². The molecule has 0 fully saturated rings. The van der Waals surface area contributed by atoms with Crippen LogP contribution < -0.4 is 0 Å². The van der Waals surface area contributed by atoms with E-state index in [0.29, 0.717) is 12.8 Å². The van der Waals surface area contributed by atoms with Gasteiger partial charge in [0.25, 0.3) is 0 Å². The largest absolute Gasteiger partial charge is 0.426 e. The van der Waals surface area contributed by atoms with E-state index in [4.69, 9.17) is 9.47 Å². The molecule has 0 rings (SSSR count). The minimum atomic E-state index is -0.301. The topological polar surface area (TPSA) is 52.6 Å².